The van der Waals surface area contributed by atoms with E-state index in [1.165, 1.54) is 18.3 Å². The van der Waals surface area contributed by atoms with Gasteiger partial charge in [-0.05, 0) is 37.0 Å². The van der Waals surface area contributed by atoms with Crippen LogP contribution in [-0.4, -0.2) is 51.9 Å². The van der Waals surface area contributed by atoms with Gasteiger partial charge in [-0.2, -0.15) is 0 Å². The van der Waals surface area contributed by atoms with Crippen molar-refractivity contribution in [2.24, 2.45) is 0 Å². The van der Waals surface area contributed by atoms with E-state index < -0.39 is 17.9 Å². The average molecular weight is 432 g/mol. The number of amides is 1. The van der Waals surface area contributed by atoms with E-state index in [1.807, 2.05) is 6.07 Å². The van der Waals surface area contributed by atoms with E-state index in [1.54, 1.807) is 24.1 Å². The highest BCUT2D eigenvalue weighted by Crippen LogP contribution is 2.40. The SMILES string of the molecule is CC(C(=O)Nc1ccc(COC2CC2)cn1)N1CCC(F)(F)[C@@H](c2ccc(=O)[nH]c2)C1. The number of nitrogens with zero attached hydrogens (tertiary/aromatic N) is 2. The highest BCUT2D eigenvalue weighted by molar-refractivity contribution is 5.93. The Kier molecular flexibility index (Phi) is 6.15. The fourth-order valence-electron chi connectivity index (χ4n) is 3.70. The summed E-state index contributed by atoms with van der Waals surface area (Å²) in [4.78, 5) is 32.4. The van der Waals surface area contributed by atoms with E-state index >= 15 is 0 Å². The average Bonchev–Trinajstić information content (AvgIpc) is 3.58. The molecule has 31 heavy (non-hydrogen) atoms. The van der Waals surface area contributed by atoms with Crippen molar-refractivity contribution in [1.29, 1.82) is 0 Å². The van der Waals surface area contributed by atoms with Crippen LogP contribution >= 0.6 is 0 Å². The maximum atomic E-state index is 14.6. The van der Waals surface area contributed by atoms with Crippen molar-refractivity contribution >= 4 is 11.7 Å². The zero-order valence-electron chi connectivity index (χ0n) is 17.3. The minimum Gasteiger partial charge on any atom is -0.373 e. The Morgan fingerprint density at radius 2 is 2.16 bits per heavy atom. The first kappa shape index (κ1) is 21.6. The van der Waals surface area contributed by atoms with Crippen LogP contribution in [-0.2, 0) is 16.1 Å². The number of carbonyl (C=O) groups is 1. The number of aromatic nitrogens is 2. The van der Waals surface area contributed by atoms with Gasteiger partial charge < -0.3 is 15.0 Å². The van der Waals surface area contributed by atoms with Gasteiger partial charge >= 0.3 is 0 Å². The van der Waals surface area contributed by atoms with Crippen molar-refractivity contribution in [2.45, 2.75) is 56.8 Å². The molecule has 2 atom stereocenters. The van der Waals surface area contributed by atoms with Crippen molar-refractivity contribution < 1.29 is 18.3 Å². The molecular formula is C22H26F2N4O3. The van der Waals surface area contributed by atoms with Crippen LogP contribution in [0.3, 0.4) is 0 Å². The van der Waals surface area contributed by atoms with Gasteiger partial charge in [-0.15, -0.1) is 0 Å². The molecule has 166 valence electrons. The molecule has 2 aromatic rings. The second-order valence-electron chi connectivity index (χ2n) is 8.27. The first-order valence-corrected chi connectivity index (χ1v) is 10.5. The van der Waals surface area contributed by atoms with Gasteiger partial charge in [0, 0.05) is 38.0 Å². The molecule has 2 aliphatic rings. The number of anilines is 1. The predicted octanol–water partition coefficient (Wildman–Crippen LogP) is 2.90. The summed E-state index contributed by atoms with van der Waals surface area (Å²) in [5.74, 6) is -3.91. The minimum atomic E-state index is -2.91. The Bertz CT molecular complexity index is 955. The van der Waals surface area contributed by atoms with Gasteiger partial charge in [-0.25, -0.2) is 13.8 Å². The molecule has 4 rings (SSSR count). The topological polar surface area (TPSA) is 87.3 Å². The minimum absolute atomic E-state index is 0.0124. The largest absolute Gasteiger partial charge is 0.373 e. The molecule has 2 aromatic heterocycles. The van der Waals surface area contributed by atoms with E-state index in [0.717, 1.165) is 18.4 Å². The molecule has 9 heteroatoms. The second kappa shape index (κ2) is 8.84. The molecule has 1 unspecified atom stereocenters. The Morgan fingerprint density at radius 1 is 1.35 bits per heavy atom. The summed E-state index contributed by atoms with van der Waals surface area (Å²) < 4.78 is 34.7. The summed E-state index contributed by atoms with van der Waals surface area (Å²) in [6.07, 6.45) is 5.19. The van der Waals surface area contributed by atoms with Crippen LogP contribution in [0.5, 0.6) is 0 Å². The van der Waals surface area contributed by atoms with Gasteiger partial charge in [-0.1, -0.05) is 12.1 Å². The highest BCUT2D eigenvalue weighted by atomic mass is 19.3. The zero-order chi connectivity index (χ0) is 22.0. The van der Waals surface area contributed by atoms with Crippen LogP contribution in [0.1, 0.15) is 43.2 Å². The summed E-state index contributed by atoms with van der Waals surface area (Å²) in [5, 5.41) is 2.76. The Morgan fingerprint density at radius 3 is 2.81 bits per heavy atom. The molecule has 1 aliphatic carbocycles. The van der Waals surface area contributed by atoms with Gasteiger partial charge in [0.25, 0.3) is 5.92 Å². The molecule has 2 fully saturated rings. The second-order valence-corrected chi connectivity index (χ2v) is 8.27. The highest BCUT2D eigenvalue weighted by Gasteiger charge is 2.46. The van der Waals surface area contributed by atoms with Crippen LogP contribution in [0.4, 0.5) is 14.6 Å². The zero-order valence-corrected chi connectivity index (χ0v) is 17.3. The number of hydrogen-bond acceptors (Lipinski definition) is 5. The number of nitrogens with one attached hydrogen (secondary N) is 2. The molecule has 7 nitrogen and oxygen atoms in total. The van der Waals surface area contributed by atoms with Gasteiger partial charge in [-0.3, -0.25) is 14.5 Å². The van der Waals surface area contributed by atoms with Crippen LogP contribution in [0.25, 0.3) is 0 Å². The summed E-state index contributed by atoms with van der Waals surface area (Å²) >= 11 is 0. The van der Waals surface area contributed by atoms with Gasteiger partial charge in [0.1, 0.15) is 5.82 Å². The van der Waals surface area contributed by atoms with Crippen LogP contribution in [0, 0.1) is 0 Å². The molecular weight excluding hydrogens is 406 g/mol. The Balaban J connectivity index is 1.37. The normalized spacial score (nSPS) is 22.1. The Hall–Kier alpha value is -2.65. The standard InChI is InChI=1S/C22H26F2N4O3/c1-14(21(30)27-19-6-2-15(10-25-19)13-31-17-4-5-17)28-9-8-22(23,24)18(12-28)16-3-7-20(29)26-11-16/h2-3,6-7,10-11,14,17-18H,4-5,8-9,12-13H2,1H3,(H,26,29)(H,25,27,30)/t14?,18-/m1/s1. The summed E-state index contributed by atoms with van der Waals surface area (Å²) in [6.45, 7) is 2.31. The summed E-state index contributed by atoms with van der Waals surface area (Å²) in [7, 11) is 0. The molecule has 0 radical (unpaired) electrons. The number of piperidine rings is 1. The first-order chi connectivity index (χ1) is 14.8. The summed E-state index contributed by atoms with van der Waals surface area (Å²) in [6, 6.07) is 5.61. The van der Waals surface area contributed by atoms with E-state index in [2.05, 4.69) is 15.3 Å². The van der Waals surface area contributed by atoms with E-state index in [9.17, 15) is 18.4 Å². The van der Waals surface area contributed by atoms with Crippen LogP contribution < -0.4 is 10.9 Å². The van der Waals surface area contributed by atoms with E-state index in [0.29, 0.717) is 24.1 Å². The maximum Gasteiger partial charge on any atom is 0.257 e. The molecule has 1 amide bonds. The van der Waals surface area contributed by atoms with Crippen LogP contribution in [0.15, 0.2) is 41.5 Å². The van der Waals surface area contributed by atoms with E-state index in [-0.39, 0.29) is 31.0 Å². The number of rotatable bonds is 7. The smallest absolute Gasteiger partial charge is 0.257 e. The molecule has 1 saturated carbocycles. The third kappa shape index (κ3) is 5.34. The number of aromatic amines is 1. The number of pyridine rings is 2. The molecule has 1 aliphatic heterocycles. The van der Waals surface area contributed by atoms with Gasteiger partial charge in [0.05, 0.1) is 24.7 Å². The number of ether oxygens (including phenoxy) is 1. The number of carbonyl (C=O) groups excluding carboxylic acids is 1. The monoisotopic (exact) mass is 432 g/mol. The van der Waals surface area contributed by atoms with Crippen molar-refractivity contribution in [3.8, 4) is 0 Å². The lowest BCUT2D eigenvalue weighted by Gasteiger charge is -2.40. The summed E-state index contributed by atoms with van der Waals surface area (Å²) in [5.41, 5.74) is 0.942. The maximum absolute atomic E-state index is 14.6. The van der Waals surface area contributed by atoms with Crippen LogP contribution in [0.2, 0.25) is 0 Å². The predicted molar refractivity (Wildman–Crippen MR) is 111 cm³/mol. The van der Waals surface area contributed by atoms with Crippen molar-refractivity contribution in [2.75, 3.05) is 18.4 Å². The number of hydrogen-bond donors (Lipinski definition) is 2. The van der Waals surface area contributed by atoms with Crippen molar-refractivity contribution in [3.05, 3.63) is 58.1 Å². The lowest BCUT2D eigenvalue weighted by molar-refractivity contribution is -0.125. The number of likely N-dealkylation sites (tertiary alicyclic amines) is 1. The molecule has 0 aromatic carbocycles. The lowest BCUT2D eigenvalue weighted by Crippen LogP contribution is -2.52. The van der Waals surface area contributed by atoms with Gasteiger partial charge in [0.2, 0.25) is 11.5 Å². The molecule has 0 bridgehead atoms. The van der Waals surface area contributed by atoms with Crippen molar-refractivity contribution in [1.82, 2.24) is 14.9 Å². The van der Waals surface area contributed by atoms with E-state index in [4.69, 9.17) is 4.74 Å². The molecule has 2 N–H and O–H groups in total. The molecule has 1 saturated heterocycles. The number of halogens is 2. The lowest BCUT2D eigenvalue weighted by atomic mass is 9.87. The number of H-pyrrole nitrogens is 1. The third-order valence-electron chi connectivity index (χ3n) is 5.88. The quantitative estimate of drug-likeness (QED) is 0.703. The molecule has 3 heterocycles. The third-order valence-corrected chi connectivity index (χ3v) is 5.88. The van der Waals surface area contributed by atoms with Crippen molar-refractivity contribution in [3.63, 3.8) is 0 Å². The Labute approximate surface area is 178 Å². The fourth-order valence-corrected chi connectivity index (χ4v) is 3.70. The molecule has 0 spiro atoms. The van der Waals surface area contributed by atoms with Gasteiger partial charge in [0.15, 0.2) is 0 Å². The number of alkyl halides is 2. The first-order valence-electron chi connectivity index (χ1n) is 10.5. The fraction of sp³-hybridized carbons (Fsp3) is 0.500.